The van der Waals surface area contributed by atoms with E-state index in [4.69, 9.17) is 0 Å². The molecule has 0 aromatic heterocycles. The molecule has 3 rings (SSSR count). The average molecular weight is 941 g/mol. The van der Waals surface area contributed by atoms with E-state index in [-0.39, 0.29) is 85.5 Å². The minimum Gasteiger partial charge on any atom is -0.358 e. The van der Waals surface area contributed by atoms with Crippen LogP contribution in [0.25, 0.3) is 0 Å². The van der Waals surface area contributed by atoms with Crippen LogP contribution in [0.1, 0.15) is 84.0 Å². The predicted molar refractivity (Wildman–Crippen MR) is 135 cm³/mol. The van der Waals surface area contributed by atoms with Crippen molar-refractivity contribution < 1.29 is 63.2 Å². The van der Waals surface area contributed by atoms with E-state index in [1.807, 2.05) is 0 Å². The Hall–Kier alpha value is 1.80. The Morgan fingerprint density at radius 2 is 1.10 bits per heavy atom. The van der Waals surface area contributed by atoms with Gasteiger partial charge in [0, 0.05) is 63.2 Å². The summed E-state index contributed by atoms with van der Waals surface area (Å²) >= 11 is 0. The molecule has 3 aliphatic carbocycles. The molecule has 2 atom stereocenters. The number of unbranched alkanes of at least 4 members (excludes halogenated alkanes) is 2. The van der Waals surface area contributed by atoms with Crippen molar-refractivity contribution in [3.8, 4) is 0 Å². The van der Waals surface area contributed by atoms with Crippen LogP contribution >= 0.6 is 0 Å². The number of rotatable bonds is 2. The van der Waals surface area contributed by atoms with Crippen molar-refractivity contribution in [2.75, 3.05) is 0 Å². The molecule has 0 nitrogen and oxygen atoms in total. The van der Waals surface area contributed by atoms with Crippen LogP contribution in [0.4, 0.5) is 0 Å². The topological polar surface area (TPSA) is 0 Å². The molecule has 3 heteroatoms. The van der Waals surface area contributed by atoms with Crippen LogP contribution in [0.5, 0.6) is 0 Å². The summed E-state index contributed by atoms with van der Waals surface area (Å²) in [6, 6.07) is 0. The van der Waals surface area contributed by atoms with Crippen molar-refractivity contribution in [2.45, 2.75) is 84.0 Å². The molecule has 0 heterocycles. The second kappa shape index (κ2) is 34.0. The summed E-state index contributed by atoms with van der Waals surface area (Å²) in [7, 11) is 0. The van der Waals surface area contributed by atoms with Crippen molar-refractivity contribution in [1.29, 1.82) is 0 Å². The van der Waals surface area contributed by atoms with Crippen LogP contribution in [-0.4, -0.2) is 0 Å². The summed E-state index contributed by atoms with van der Waals surface area (Å²) in [6.45, 7) is 25.1. The third kappa shape index (κ3) is 34.1. The van der Waals surface area contributed by atoms with Gasteiger partial charge in [-0.25, -0.2) is 0 Å². The van der Waals surface area contributed by atoms with Gasteiger partial charge >= 0.3 is 0 Å². The fourth-order valence-electron chi connectivity index (χ4n) is 3.23. The zero-order valence-corrected chi connectivity index (χ0v) is 30.1. The Labute approximate surface area is 244 Å². The van der Waals surface area contributed by atoms with Crippen molar-refractivity contribution in [2.24, 2.45) is 23.7 Å². The second-order valence-electron chi connectivity index (χ2n) is 8.11. The van der Waals surface area contributed by atoms with E-state index in [2.05, 4.69) is 54.5 Å². The molecule has 0 aliphatic heterocycles. The maximum Gasteiger partial charge on any atom is 0 e. The van der Waals surface area contributed by atoms with Gasteiger partial charge in [-0.2, -0.15) is 36.5 Å². The predicted octanol–water partition coefficient (Wildman–Crippen LogP) is 9.43. The molecule has 192 valence electrons. The van der Waals surface area contributed by atoms with Gasteiger partial charge < -0.3 is 63.8 Å². The van der Waals surface area contributed by atoms with E-state index in [1.165, 1.54) is 64.2 Å². The molecule has 0 bridgehead atoms. The molecule has 31 heavy (non-hydrogen) atoms. The SMILES string of the molecule is CC1=CCCCC1.[CH2-]C1CC([CH2-])C1.[CH2-]C1CCC([CH2-])C1.[CH2-]CCC[CH2-].[CH3-].[CH3-].[CH3-].[W].[W].[W]. The van der Waals surface area contributed by atoms with E-state index < -0.39 is 0 Å². The smallest absolute Gasteiger partial charge is 0 e. The zero-order valence-electron chi connectivity index (χ0n) is 21.3. The molecule has 0 amide bonds. The molecular formula is C28H53W3-9. The van der Waals surface area contributed by atoms with Gasteiger partial charge in [-0.15, -0.1) is 25.7 Å². The molecule has 2 saturated carbocycles. The first kappa shape index (κ1) is 49.8. The monoisotopic (exact) mass is 941 g/mol. The van der Waals surface area contributed by atoms with Crippen LogP contribution in [0.3, 0.4) is 0 Å². The fourth-order valence-corrected chi connectivity index (χ4v) is 3.23. The Balaban J connectivity index is -0.0000000469. The molecule has 0 N–H and O–H groups in total. The molecule has 0 aromatic rings. The van der Waals surface area contributed by atoms with Crippen molar-refractivity contribution in [1.82, 2.24) is 0 Å². The van der Waals surface area contributed by atoms with E-state index in [9.17, 15) is 0 Å². The first-order chi connectivity index (χ1) is 11.9. The van der Waals surface area contributed by atoms with Crippen molar-refractivity contribution in [3.63, 3.8) is 0 Å². The number of hydrogen-bond acceptors (Lipinski definition) is 0. The van der Waals surface area contributed by atoms with Crippen LogP contribution in [0.15, 0.2) is 11.6 Å². The fraction of sp³-hybridized carbons (Fsp3) is 0.607. The Morgan fingerprint density at radius 3 is 1.19 bits per heavy atom. The third-order valence-electron chi connectivity index (χ3n) is 5.00. The first-order valence-corrected chi connectivity index (χ1v) is 10.4. The van der Waals surface area contributed by atoms with E-state index in [1.54, 1.807) is 5.57 Å². The van der Waals surface area contributed by atoms with E-state index >= 15 is 0 Å². The van der Waals surface area contributed by atoms with E-state index in [0.717, 1.165) is 24.7 Å². The van der Waals surface area contributed by atoms with Gasteiger partial charge in [-0.05, 0) is 32.6 Å². The summed E-state index contributed by atoms with van der Waals surface area (Å²) in [5.41, 5.74) is 1.59. The van der Waals surface area contributed by atoms with E-state index in [0.29, 0.717) is 11.8 Å². The summed E-state index contributed by atoms with van der Waals surface area (Å²) in [6.07, 6.45) is 17.4. The summed E-state index contributed by atoms with van der Waals surface area (Å²) < 4.78 is 0. The Morgan fingerprint density at radius 1 is 0.710 bits per heavy atom. The van der Waals surface area contributed by atoms with Gasteiger partial charge in [0.1, 0.15) is 0 Å². The van der Waals surface area contributed by atoms with Gasteiger partial charge in [0.25, 0.3) is 0 Å². The quantitative estimate of drug-likeness (QED) is 0.191. The molecule has 0 radical (unpaired) electrons. The van der Waals surface area contributed by atoms with Gasteiger partial charge in [0.15, 0.2) is 0 Å². The standard InChI is InChI=1S/2C7H12.C6H10.C5H10.3CH3.3W/c1-6-3-4-7(2)5-6;1-7-5-3-2-4-6-7;1-5-3-6(2)4-5;1-3-5-4-2;;;;;;/h6-7H,1-5H2;5H,2-4,6H2,1H3;5-6H,1-4H2;1-5H2;3*1H3;;;/q-2;;2*-2;3*-1;;;. The van der Waals surface area contributed by atoms with Crippen LogP contribution < -0.4 is 0 Å². The second-order valence-corrected chi connectivity index (χ2v) is 8.11. The summed E-state index contributed by atoms with van der Waals surface area (Å²) in [5.74, 6) is 2.88. The number of hydrogen-bond donors (Lipinski definition) is 0. The van der Waals surface area contributed by atoms with Crippen LogP contribution in [0, 0.1) is 87.5 Å². The van der Waals surface area contributed by atoms with Crippen molar-refractivity contribution >= 4 is 0 Å². The van der Waals surface area contributed by atoms with Crippen molar-refractivity contribution in [3.05, 3.63) is 75.5 Å². The normalized spacial score (nSPS) is 24.4. The van der Waals surface area contributed by atoms with Gasteiger partial charge in [-0.3, -0.25) is 0 Å². The molecule has 0 aromatic carbocycles. The van der Waals surface area contributed by atoms with Gasteiger partial charge in [0.2, 0.25) is 0 Å². The first-order valence-electron chi connectivity index (χ1n) is 10.4. The zero-order chi connectivity index (χ0) is 19.1. The average Bonchev–Trinajstić information content (AvgIpc) is 2.93. The minimum atomic E-state index is 0. The summed E-state index contributed by atoms with van der Waals surface area (Å²) in [5, 5.41) is 0. The molecule has 0 spiro atoms. The maximum absolute atomic E-state index is 3.95. The van der Waals surface area contributed by atoms with Crippen LogP contribution in [-0.2, 0) is 63.2 Å². The minimum absolute atomic E-state index is 0. The van der Waals surface area contributed by atoms with Gasteiger partial charge in [0.05, 0.1) is 0 Å². The van der Waals surface area contributed by atoms with Crippen LogP contribution in [0.2, 0.25) is 0 Å². The third-order valence-corrected chi connectivity index (χ3v) is 5.00. The molecule has 0 saturated heterocycles. The summed E-state index contributed by atoms with van der Waals surface area (Å²) in [4.78, 5) is 0. The van der Waals surface area contributed by atoms with Gasteiger partial charge in [-0.1, -0.05) is 24.5 Å². The molecule has 2 fully saturated rings. The Bertz CT molecular complexity index is 306. The molecule has 3 aliphatic rings. The Kier molecular flexibility index (Phi) is 54.6. The molecule has 2 unspecified atom stereocenters. The maximum atomic E-state index is 3.95. The molecular weight excluding hydrogens is 888 g/mol. The number of allylic oxidation sites excluding steroid dienone is 2. The largest absolute Gasteiger partial charge is 0.358 e.